The maximum absolute atomic E-state index is 12.6. The molecule has 0 bridgehead atoms. The van der Waals surface area contributed by atoms with Crippen LogP contribution < -0.4 is 11.1 Å². The number of carboxylic acid groups (broad SMARTS) is 1. The highest BCUT2D eigenvalue weighted by Crippen LogP contribution is 2.18. The number of pyridine rings is 1. The number of aromatic carboxylic acids is 1. The molecule has 0 saturated carbocycles. The Morgan fingerprint density at radius 2 is 2.10 bits per heavy atom. The third-order valence-corrected chi connectivity index (χ3v) is 4.06. The topological polar surface area (TPSA) is 141 Å². The first kappa shape index (κ1) is 20.8. The Morgan fingerprint density at radius 1 is 1.27 bits per heavy atom. The van der Waals surface area contributed by atoms with Gasteiger partial charge in [0.25, 0.3) is 5.91 Å². The van der Waals surface area contributed by atoms with E-state index in [1.54, 1.807) is 42.3 Å². The average molecular weight is 407 g/mol. The molecule has 30 heavy (non-hydrogen) atoms. The van der Waals surface area contributed by atoms with Gasteiger partial charge in [-0.3, -0.25) is 14.2 Å². The third kappa shape index (κ3) is 5.09. The molecule has 4 N–H and O–H groups in total. The van der Waals surface area contributed by atoms with Gasteiger partial charge in [-0.15, -0.1) is 5.92 Å². The van der Waals surface area contributed by atoms with Crippen LogP contribution in [0.2, 0.25) is 0 Å². The lowest BCUT2D eigenvalue weighted by molar-refractivity contribution is 0.0690. The molecule has 0 aromatic carbocycles. The molecule has 10 nitrogen and oxygen atoms in total. The molecule has 0 aliphatic heterocycles. The number of anilines is 1. The van der Waals surface area contributed by atoms with Gasteiger partial charge in [-0.1, -0.05) is 12.0 Å². The molecule has 3 aromatic heterocycles. The predicted octanol–water partition coefficient (Wildman–Crippen LogP) is 1.37. The summed E-state index contributed by atoms with van der Waals surface area (Å²) in [6, 6.07) is 5.00. The van der Waals surface area contributed by atoms with Gasteiger partial charge in [-0.25, -0.2) is 9.78 Å². The predicted molar refractivity (Wildman–Crippen MR) is 110 cm³/mol. The number of hydrogen-bond acceptors (Lipinski definition) is 6. The SMILES string of the molecule is Cn1cc(NC(=O)c2cccc(-c3cnn(CC#CCCCN)c3)n2)c(C(=O)O)n1. The van der Waals surface area contributed by atoms with Crippen LogP contribution in [0.15, 0.2) is 36.8 Å². The van der Waals surface area contributed by atoms with Gasteiger partial charge in [0, 0.05) is 31.4 Å². The molecular weight excluding hydrogens is 386 g/mol. The monoisotopic (exact) mass is 407 g/mol. The number of amides is 1. The number of aromatic nitrogens is 5. The molecule has 0 aliphatic rings. The number of carbonyl (C=O) groups is 2. The zero-order valence-corrected chi connectivity index (χ0v) is 16.4. The summed E-state index contributed by atoms with van der Waals surface area (Å²) in [5, 5.41) is 19.8. The van der Waals surface area contributed by atoms with E-state index in [0.29, 0.717) is 18.8 Å². The van der Waals surface area contributed by atoms with Crippen molar-refractivity contribution in [3.63, 3.8) is 0 Å². The van der Waals surface area contributed by atoms with Crippen molar-refractivity contribution < 1.29 is 14.7 Å². The smallest absolute Gasteiger partial charge is 0.358 e. The fourth-order valence-corrected chi connectivity index (χ4v) is 2.64. The summed E-state index contributed by atoms with van der Waals surface area (Å²) < 4.78 is 3.00. The van der Waals surface area contributed by atoms with Crippen LogP contribution in [0, 0.1) is 11.8 Å². The lowest BCUT2D eigenvalue weighted by Gasteiger charge is -2.04. The second-order valence-electron chi connectivity index (χ2n) is 6.40. The van der Waals surface area contributed by atoms with Crippen molar-refractivity contribution in [2.45, 2.75) is 19.4 Å². The Morgan fingerprint density at radius 3 is 2.87 bits per heavy atom. The fourth-order valence-electron chi connectivity index (χ4n) is 2.64. The second-order valence-corrected chi connectivity index (χ2v) is 6.40. The number of aryl methyl sites for hydroxylation is 1. The van der Waals surface area contributed by atoms with Gasteiger partial charge in [-0.05, 0) is 25.1 Å². The van der Waals surface area contributed by atoms with Crippen molar-refractivity contribution in [2.24, 2.45) is 12.8 Å². The van der Waals surface area contributed by atoms with Crippen molar-refractivity contribution in [1.29, 1.82) is 0 Å². The Kier molecular flexibility index (Phi) is 6.56. The van der Waals surface area contributed by atoms with E-state index in [4.69, 9.17) is 5.73 Å². The highest BCUT2D eigenvalue weighted by atomic mass is 16.4. The van der Waals surface area contributed by atoms with Gasteiger partial charge in [0.2, 0.25) is 0 Å². The minimum absolute atomic E-state index is 0.100. The zero-order valence-electron chi connectivity index (χ0n) is 16.4. The van der Waals surface area contributed by atoms with Crippen LogP contribution in [0.25, 0.3) is 11.3 Å². The van der Waals surface area contributed by atoms with Gasteiger partial charge in [-0.2, -0.15) is 10.2 Å². The van der Waals surface area contributed by atoms with E-state index in [1.807, 2.05) is 0 Å². The van der Waals surface area contributed by atoms with Gasteiger partial charge in [0.15, 0.2) is 5.69 Å². The van der Waals surface area contributed by atoms with Crippen molar-refractivity contribution in [3.8, 4) is 23.1 Å². The molecule has 154 valence electrons. The largest absolute Gasteiger partial charge is 0.476 e. The molecule has 0 spiro atoms. The summed E-state index contributed by atoms with van der Waals surface area (Å²) in [6.45, 7) is 1.07. The van der Waals surface area contributed by atoms with E-state index in [-0.39, 0.29) is 17.1 Å². The first-order valence-corrected chi connectivity index (χ1v) is 9.22. The van der Waals surface area contributed by atoms with E-state index in [9.17, 15) is 14.7 Å². The van der Waals surface area contributed by atoms with Crippen LogP contribution in [0.3, 0.4) is 0 Å². The molecule has 3 rings (SSSR count). The van der Waals surface area contributed by atoms with E-state index < -0.39 is 11.9 Å². The summed E-state index contributed by atoms with van der Waals surface area (Å²) in [5.74, 6) is 4.30. The van der Waals surface area contributed by atoms with Crippen molar-refractivity contribution in [2.75, 3.05) is 11.9 Å². The number of unbranched alkanes of at least 4 members (excludes halogenated alkanes) is 1. The molecule has 0 aliphatic carbocycles. The lowest BCUT2D eigenvalue weighted by atomic mass is 10.2. The normalized spacial score (nSPS) is 10.3. The van der Waals surface area contributed by atoms with Crippen LogP contribution >= 0.6 is 0 Å². The Labute approximate surface area is 172 Å². The standard InChI is InChI=1S/C20H21N7O3/c1-26-13-17(18(25-26)20(29)30)24-19(28)16-8-6-7-15(23-16)14-11-22-27(12-14)10-5-3-2-4-9-21/h6-8,11-13H,2,4,9-10,21H2,1H3,(H,24,28)(H,29,30). The van der Waals surface area contributed by atoms with E-state index in [0.717, 1.165) is 18.4 Å². The van der Waals surface area contributed by atoms with Gasteiger partial charge < -0.3 is 16.2 Å². The quantitative estimate of drug-likeness (QED) is 0.397. The molecule has 10 heteroatoms. The van der Waals surface area contributed by atoms with Crippen molar-refractivity contribution in [1.82, 2.24) is 24.5 Å². The van der Waals surface area contributed by atoms with E-state index in [1.165, 1.54) is 10.9 Å². The fraction of sp³-hybridized carbons (Fsp3) is 0.250. The Hall–Kier alpha value is -3.97. The molecule has 1 amide bonds. The molecule has 3 aromatic rings. The average Bonchev–Trinajstić information content (AvgIpc) is 3.34. The van der Waals surface area contributed by atoms with Crippen molar-refractivity contribution in [3.05, 3.63) is 48.2 Å². The number of carbonyl (C=O) groups excluding carboxylic acids is 1. The molecule has 0 atom stereocenters. The summed E-state index contributed by atoms with van der Waals surface area (Å²) in [4.78, 5) is 28.2. The van der Waals surface area contributed by atoms with Gasteiger partial charge in [0.1, 0.15) is 12.2 Å². The number of carboxylic acids is 1. The molecule has 0 fully saturated rings. The van der Waals surface area contributed by atoms with Crippen LogP contribution in [-0.4, -0.2) is 48.1 Å². The van der Waals surface area contributed by atoms with Crippen LogP contribution in [0.1, 0.15) is 33.8 Å². The van der Waals surface area contributed by atoms with Crippen LogP contribution in [0.4, 0.5) is 5.69 Å². The summed E-state index contributed by atoms with van der Waals surface area (Å²) in [5.41, 5.74) is 6.74. The lowest BCUT2D eigenvalue weighted by Crippen LogP contribution is -2.15. The first-order chi connectivity index (χ1) is 14.5. The molecule has 0 saturated heterocycles. The molecule has 3 heterocycles. The molecule has 0 unspecified atom stereocenters. The Bertz CT molecular complexity index is 1120. The first-order valence-electron chi connectivity index (χ1n) is 9.22. The number of nitrogens with two attached hydrogens (primary N) is 1. The number of rotatable bonds is 7. The number of nitrogens with zero attached hydrogens (tertiary/aromatic N) is 5. The highest BCUT2D eigenvalue weighted by molar-refractivity contribution is 6.06. The minimum atomic E-state index is -1.23. The second kappa shape index (κ2) is 9.49. The maximum Gasteiger partial charge on any atom is 0.358 e. The molecular formula is C20H21N7O3. The van der Waals surface area contributed by atoms with Gasteiger partial charge in [0.05, 0.1) is 17.6 Å². The molecule has 0 radical (unpaired) electrons. The highest BCUT2D eigenvalue weighted by Gasteiger charge is 2.18. The van der Waals surface area contributed by atoms with Crippen LogP contribution in [-0.2, 0) is 13.6 Å². The van der Waals surface area contributed by atoms with E-state index in [2.05, 4.69) is 32.3 Å². The Balaban J connectivity index is 1.72. The van der Waals surface area contributed by atoms with Gasteiger partial charge >= 0.3 is 5.97 Å². The number of nitrogens with one attached hydrogen (secondary N) is 1. The van der Waals surface area contributed by atoms with E-state index >= 15 is 0 Å². The number of hydrogen-bond donors (Lipinski definition) is 3. The zero-order chi connectivity index (χ0) is 21.5. The van der Waals surface area contributed by atoms with Crippen molar-refractivity contribution >= 4 is 17.6 Å². The summed E-state index contributed by atoms with van der Waals surface area (Å²) >= 11 is 0. The maximum atomic E-state index is 12.6. The van der Waals surface area contributed by atoms with Crippen LogP contribution in [0.5, 0.6) is 0 Å². The minimum Gasteiger partial charge on any atom is -0.476 e. The third-order valence-electron chi connectivity index (χ3n) is 4.06. The summed E-state index contributed by atoms with van der Waals surface area (Å²) in [6.07, 6.45) is 6.48. The summed E-state index contributed by atoms with van der Waals surface area (Å²) in [7, 11) is 1.57.